The molecule has 0 radical (unpaired) electrons. The number of anilines is 1. The van der Waals surface area contributed by atoms with E-state index in [-0.39, 0.29) is 12.4 Å². The second-order valence-electron chi connectivity index (χ2n) is 4.33. The van der Waals surface area contributed by atoms with E-state index in [0.29, 0.717) is 12.4 Å². The molecule has 0 bridgehead atoms. The largest absolute Gasteiger partial charge is 0.369 e. The van der Waals surface area contributed by atoms with Gasteiger partial charge in [-0.1, -0.05) is 5.21 Å². The van der Waals surface area contributed by atoms with Crippen LogP contribution < -0.4 is 5.73 Å². The first-order valence-electron chi connectivity index (χ1n) is 5.99. The molecule has 0 aromatic carbocycles. The smallest absolute Gasteiger partial charge is 0.197 e. The van der Waals surface area contributed by atoms with E-state index in [1.54, 1.807) is 17.5 Å². The predicted molar refractivity (Wildman–Crippen MR) is 81.1 cm³/mol. The summed E-state index contributed by atoms with van der Waals surface area (Å²) in [6, 6.07) is 2.13. The van der Waals surface area contributed by atoms with E-state index in [2.05, 4.69) is 37.1 Å². The normalized spacial score (nSPS) is 10.4. The molecular formula is C12H15ClN6S. The highest BCUT2D eigenvalue weighted by Crippen LogP contribution is 2.08. The van der Waals surface area contributed by atoms with Crippen molar-refractivity contribution >= 4 is 29.7 Å². The Bertz CT molecular complexity index is 645. The van der Waals surface area contributed by atoms with Crippen molar-refractivity contribution in [3.8, 4) is 0 Å². The van der Waals surface area contributed by atoms with Gasteiger partial charge in [0.15, 0.2) is 5.95 Å². The van der Waals surface area contributed by atoms with Crippen LogP contribution in [0.25, 0.3) is 0 Å². The lowest BCUT2D eigenvalue weighted by molar-refractivity contribution is 0.589. The molecule has 3 aromatic heterocycles. The van der Waals surface area contributed by atoms with Crippen LogP contribution in [0.5, 0.6) is 0 Å². The number of thiophene rings is 1. The van der Waals surface area contributed by atoms with E-state index in [0.717, 1.165) is 24.4 Å². The number of nitrogens with two attached hydrogens (primary N) is 1. The van der Waals surface area contributed by atoms with Crippen molar-refractivity contribution in [3.05, 3.63) is 46.2 Å². The van der Waals surface area contributed by atoms with Crippen molar-refractivity contribution in [2.45, 2.75) is 19.4 Å². The number of H-pyrrole nitrogens is 1. The molecule has 20 heavy (non-hydrogen) atoms. The van der Waals surface area contributed by atoms with Crippen LogP contribution in [0, 0.1) is 0 Å². The highest BCUT2D eigenvalue weighted by molar-refractivity contribution is 7.07. The number of aryl methyl sites for hydroxylation is 2. The summed E-state index contributed by atoms with van der Waals surface area (Å²) >= 11 is 1.72. The maximum atomic E-state index is 5.53. The van der Waals surface area contributed by atoms with Crippen molar-refractivity contribution in [1.29, 1.82) is 0 Å². The van der Waals surface area contributed by atoms with Crippen molar-refractivity contribution in [1.82, 2.24) is 25.0 Å². The van der Waals surface area contributed by atoms with Gasteiger partial charge in [0, 0.05) is 24.9 Å². The van der Waals surface area contributed by atoms with Crippen molar-refractivity contribution < 1.29 is 0 Å². The van der Waals surface area contributed by atoms with Crippen LogP contribution in [0.2, 0.25) is 0 Å². The molecule has 3 aromatic rings. The van der Waals surface area contributed by atoms with Crippen molar-refractivity contribution in [2.75, 3.05) is 5.73 Å². The summed E-state index contributed by atoms with van der Waals surface area (Å²) in [5, 5.41) is 12.5. The fraction of sp³-hybridized carbons (Fsp3) is 0.250. The van der Waals surface area contributed by atoms with E-state index >= 15 is 0 Å². The molecular weight excluding hydrogens is 296 g/mol. The molecule has 8 heteroatoms. The fourth-order valence-corrected chi connectivity index (χ4v) is 2.57. The zero-order valence-electron chi connectivity index (χ0n) is 10.7. The average molecular weight is 311 g/mol. The van der Waals surface area contributed by atoms with E-state index in [4.69, 9.17) is 5.73 Å². The van der Waals surface area contributed by atoms with Gasteiger partial charge in [-0.3, -0.25) is 4.68 Å². The predicted octanol–water partition coefficient (Wildman–Crippen LogP) is 1.90. The van der Waals surface area contributed by atoms with Gasteiger partial charge in [-0.05, 0) is 28.8 Å². The van der Waals surface area contributed by atoms with Crippen LogP contribution in [0.1, 0.15) is 17.0 Å². The first-order chi connectivity index (χ1) is 9.29. The number of hydrogen-bond acceptors (Lipinski definition) is 5. The van der Waals surface area contributed by atoms with E-state index in [1.165, 1.54) is 5.56 Å². The zero-order chi connectivity index (χ0) is 13.1. The Balaban J connectivity index is 0.00000147. The van der Waals surface area contributed by atoms with Crippen molar-refractivity contribution in [3.63, 3.8) is 0 Å². The van der Waals surface area contributed by atoms with Gasteiger partial charge in [0.05, 0.1) is 11.9 Å². The maximum Gasteiger partial charge on any atom is 0.197 e. The quantitative estimate of drug-likeness (QED) is 0.753. The van der Waals surface area contributed by atoms with Gasteiger partial charge in [0.25, 0.3) is 0 Å². The summed E-state index contributed by atoms with van der Waals surface area (Å²) in [7, 11) is 0. The molecule has 0 aliphatic heterocycles. The summed E-state index contributed by atoms with van der Waals surface area (Å²) in [4.78, 5) is 6.94. The first kappa shape index (κ1) is 14.5. The minimum Gasteiger partial charge on any atom is -0.369 e. The Morgan fingerprint density at radius 2 is 2.30 bits per heavy atom. The molecule has 0 saturated heterocycles. The van der Waals surface area contributed by atoms with Crippen LogP contribution in [-0.2, 0) is 19.4 Å². The molecule has 0 amide bonds. The summed E-state index contributed by atoms with van der Waals surface area (Å²) in [5.74, 6) is 0.430. The highest BCUT2D eigenvalue weighted by Gasteiger charge is 2.04. The number of aromatic nitrogens is 5. The van der Waals surface area contributed by atoms with Crippen LogP contribution in [-0.4, -0.2) is 25.0 Å². The number of hydrogen-bond donors (Lipinski definition) is 2. The molecule has 0 aliphatic rings. The summed E-state index contributed by atoms with van der Waals surface area (Å²) in [6.07, 6.45) is 5.33. The SMILES string of the molecule is Cl.Nc1ncc(Cc2cn(CCc3ccsc3)nn2)[nH]1. The Hall–Kier alpha value is -1.86. The molecule has 106 valence electrons. The summed E-state index contributed by atoms with van der Waals surface area (Å²) in [5.41, 5.74) is 8.73. The standard InChI is InChI=1S/C12H14N6S.ClH/c13-12-14-6-10(15-12)5-11-7-18(17-16-11)3-1-9-2-4-19-8-9;/h2,4,6-8H,1,3,5H2,(H3,13,14,15);1H. The van der Waals surface area contributed by atoms with Gasteiger partial charge in [0.2, 0.25) is 0 Å². The monoisotopic (exact) mass is 310 g/mol. The van der Waals surface area contributed by atoms with Gasteiger partial charge in [0.1, 0.15) is 0 Å². The Kier molecular flexibility index (Phi) is 4.75. The van der Waals surface area contributed by atoms with Gasteiger partial charge in [-0.15, -0.1) is 17.5 Å². The topological polar surface area (TPSA) is 85.4 Å². The number of aromatic amines is 1. The Labute approximate surface area is 126 Å². The van der Waals surface area contributed by atoms with Crippen LogP contribution in [0.4, 0.5) is 5.95 Å². The second-order valence-corrected chi connectivity index (χ2v) is 5.11. The first-order valence-corrected chi connectivity index (χ1v) is 6.93. The lowest BCUT2D eigenvalue weighted by Gasteiger charge is -1.97. The molecule has 6 nitrogen and oxygen atoms in total. The number of nitrogens with zero attached hydrogens (tertiary/aromatic N) is 4. The van der Waals surface area contributed by atoms with Crippen LogP contribution in [0.3, 0.4) is 0 Å². The maximum absolute atomic E-state index is 5.53. The van der Waals surface area contributed by atoms with E-state index < -0.39 is 0 Å². The third-order valence-electron chi connectivity index (χ3n) is 2.82. The van der Waals surface area contributed by atoms with Gasteiger partial charge >= 0.3 is 0 Å². The fourth-order valence-electron chi connectivity index (χ4n) is 1.87. The minimum atomic E-state index is 0. The number of halogens is 1. The second kappa shape index (κ2) is 6.53. The third-order valence-corrected chi connectivity index (χ3v) is 3.55. The number of rotatable bonds is 5. The molecule has 3 rings (SSSR count). The molecule has 0 aliphatic carbocycles. The zero-order valence-corrected chi connectivity index (χ0v) is 12.3. The summed E-state index contributed by atoms with van der Waals surface area (Å²) in [6.45, 7) is 0.842. The minimum absolute atomic E-state index is 0. The molecule has 0 atom stereocenters. The lowest BCUT2D eigenvalue weighted by atomic mass is 10.2. The number of nitrogens with one attached hydrogen (secondary N) is 1. The molecule has 3 heterocycles. The van der Waals surface area contributed by atoms with Crippen LogP contribution >= 0.6 is 23.7 Å². The molecule has 0 unspecified atom stereocenters. The molecule has 0 fully saturated rings. The molecule has 0 spiro atoms. The van der Waals surface area contributed by atoms with Gasteiger partial charge in [-0.25, -0.2) is 4.98 Å². The van der Waals surface area contributed by atoms with Gasteiger partial charge < -0.3 is 10.7 Å². The summed E-state index contributed by atoms with van der Waals surface area (Å²) < 4.78 is 1.87. The Morgan fingerprint density at radius 3 is 3.00 bits per heavy atom. The van der Waals surface area contributed by atoms with Crippen molar-refractivity contribution in [2.24, 2.45) is 0 Å². The lowest BCUT2D eigenvalue weighted by Crippen LogP contribution is -2.01. The van der Waals surface area contributed by atoms with Crippen LogP contribution in [0.15, 0.2) is 29.2 Å². The number of imidazole rings is 1. The van der Waals surface area contributed by atoms with E-state index in [1.807, 2.05) is 10.9 Å². The number of nitrogen functional groups attached to an aromatic ring is 1. The third kappa shape index (κ3) is 3.58. The van der Waals surface area contributed by atoms with E-state index in [9.17, 15) is 0 Å². The molecule has 0 saturated carbocycles. The highest BCUT2D eigenvalue weighted by atomic mass is 35.5. The molecule has 3 N–H and O–H groups in total. The van der Waals surface area contributed by atoms with Gasteiger partial charge in [-0.2, -0.15) is 11.3 Å². The average Bonchev–Trinajstić information content (AvgIpc) is 3.10. The Morgan fingerprint density at radius 1 is 1.40 bits per heavy atom.